The molecule has 0 fully saturated rings. The van der Waals surface area contributed by atoms with Gasteiger partial charge in [0, 0.05) is 12.0 Å². The van der Waals surface area contributed by atoms with Crippen LogP contribution in [0.15, 0.2) is 18.2 Å². The monoisotopic (exact) mass is 279 g/mol. The minimum absolute atomic E-state index is 0.00942. The molecule has 0 aliphatic rings. The molecule has 1 aromatic carbocycles. The van der Waals surface area contributed by atoms with Crippen LogP contribution in [-0.4, -0.2) is 12.3 Å². The van der Waals surface area contributed by atoms with E-state index in [1.807, 2.05) is 0 Å². The Morgan fingerprint density at radius 2 is 1.95 bits per heavy atom. The smallest absolute Gasteiger partial charge is 0.162 e. The van der Waals surface area contributed by atoms with E-state index in [1.165, 1.54) is 6.07 Å². The first kappa shape index (κ1) is 16.8. The van der Waals surface area contributed by atoms with Crippen molar-refractivity contribution in [2.45, 2.75) is 47.0 Å². The van der Waals surface area contributed by atoms with Gasteiger partial charge in [-0.1, -0.05) is 32.9 Å². The SMILES string of the molecule is Cc1ccc(C(=O)CCC(CCN)C(C)(C)C)cc1F. The minimum atomic E-state index is -0.315. The second kappa shape index (κ2) is 6.98. The number of hydrogen-bond acceptors (Lipinski definition) is 2. The molecule has 0 aliphatic carbocycles. The highest BCUT2D eigenvalue weighted by Crippen LogP contribution is 2.32. The summed E-state index contributed by atoms with van der Waals surface area (Å²) < 4.78 is 13.5. The van der Waals surface area contributed by atoms with Crippen LogP contribution >= 0.6 is 0 Å². The number of Topliss-reactive ketones (excluding diaryl/α,β-unsaturated/α-hetero) is 1. The summed E-state index contributed by atoms with van der Waals surface area (Å²) in [5.74, 6) is 0.104. The lowest BCUT2D eigenvalue weighted by molar-refractivity contribution is 0.0957. The minimum Gasteiger partial charge on any atom is -0.330 e. The van der Waals surface area contributed by atoms with Crippen LogP contribution in [0.4, 0.5) is 4.39 Å². The third-order valence-electron chi connectivity index (χ3n) is 3.95. The van der Waals surface area contributed by atoms with Gasteiger partial charge in [-0.2, -0.15) is 0 Å². The predicted octanol–water partition coefficient (Wildman–Crippen LogP) is 4.11. The Balaban J connectivity index is 2.68. The number of hydrogen-bond donors (Lipinski definition) is 1. The average molecular weight is 279 g/mol. The summed E-state index contributed by atoms with van der Waals surface area (Å²) in [6, 6.07) is 4.70. The van der Waals surface area contributed by atoms with Gasteiger partial charge >= 0.3 is 0 Å². The van der Waals surface area contributed by atoms with Crippen LogP contribution in [0.1, 0.15) is 56.0 Å². The van der Waals surface area contributed by atoms with Crippen LogP contribution in [0.3, 0.4) is 0 Å². The standard InChI is InChI=1S/C17H26FNO/c1-12-5-6-13(11-15(12)18)16(20)8-7-14(9-10-19)17(2,3)4/h5-6,11,14H,7-10,19H2,1-4H3. The molecule has 112 valence electrons. The number of carbonyl (C=O) groups excluding carboxylic acids is 1. The molecule has 0 heterocycles. The maximum absolute atomic E-state index is 13.5. The first-order valence-electron chi connectivity index (χ1n) is 7.25. The zero-order valence-corrected chi connectivity index (χ0v) is 13.0. The molecule has 0 aromatic heterocycles. The van der Waals surface area contributed by atoms with Gasteiger partial charge in [0.2, 0.25) is 0 Å². The molecule has 0 bridgehead atoms. The van der Waals surface area contributed by atoms with E-state index in [0.717, 1.165) is 12.8 Å². The van der Waals surface area contributed by atoms with Crippen LogP contribution in [0, 0.1) is 24.1 Å². The van der Waals surface area contributed by atoms with E-state index in [1.54, 1.807) is 19.1 Å². The maximum atomic E-state index is 13.5. The van der Waals surface area contributed by atoms with Crippen molar-refractivity contribution in [3.05, 3.63) is 35.1 Å². The lowest BCUT2D eigenvalue weighted by atomic mass is 9.76. The third-order valence-corrected chi connectivity index (χ3v) is 3.95. The van der Waals surface area contributed by atoms with Crippen molar-refractivity contribution in [1.82, 2.24) is 0 Å². The predicted molar refractivity (Wildman–Crippen MR) is 81.3 cm³/mol. The highest BCUT2D eigenvalue weighted by atomic mass is 19.1. The van der Waals surface area contributed by atoms with E-state index in [4.69, 9.17) is 5.73 Å². The largest absolute Gasteiger partial charge is 0.330 e. The number of benzene rings is 1. The number of carbonyl (C=O) groups is 1. The normalized spacial score (nSPS) is 13.3. The number of nitrogens with two attached hydrogens (primary N) is 1. The zero-order valence-electron chi connectivity index (χ0n) is 13.0. The van der Waals surface area contributed by atoms with Gasteiger partial charge in [0.25, 0.3) is 0 Å². The molecule has 0 aliphatic heterocycles. The van der Waals surface area contributed by atoms with Gasteiger partial charge < -0.3 is 5.73 Å². The molecule has 3 heteroatoms. The Morgan fingerprint density at radius 3 is 2.45 bits per heavy atom. The second-order valence-electron chi connectivity index (χ2n) is 6.57. The summed E-state index contributed by atoms with van der Waals surface area (Å²) >= 11 is 0. The summed E-state index contributed by atoms with van der Waals surface area (Å²) in [5, 5.41) is 0. The van der Waals surface area contributed by atoms with E-state index >= 15 is 0 Å². The summed E-state index contributed by atoms with van der Waals surface area (Å²) in [6.07, 6.45) is 2.17. The highest BCUT2D eigenvalue weighted by molar-refractivity contribution is 5.96. The fourth-order valence-electron chi connectivity index (χ4n) is 2.43. The summed E-state index contributed by atoms with van der Waals surface area (Å²) in [5.41, 5.74) is 6.82. The van der Waals surface area contributed by atoms with E-state index in [2.05, 4.69) is 20.8 Å². The van der Waals surface area contributed by atoms with Crippen LogP contribution in [0.5, 0.6) is 0 Å². The quantitative estimate of drug-likeness (QED) is 0.796. The van der Waals surface area contributed by atoms with Gasteiger partial charge in [0.1, 0.15) is 5.82 Å². The molecule has 0 spiro atoms. The molecule has 1 aromatic rings. The van der Waals surface area contributed by atoms with E-state index in [9.17, 15) is 9.18 Å². The number of aryl methyl sites for hydroxylation is 1. The third kappa shape index (κ3) is 4.71. The molecule has 0 radical (unpaired) electrons. The topological polar surface area (TPSA) is 43.1 Å². The van der Waals surface area contributed by atoms with E-state index in [-0.39, 0.29) is 17.0 Å². The van der Waals surface area contributed by atoms with Gasteiger partial charge in [0.05, 0.1) is 0 Å². The fraction of sp³-hybridized carbons (Fsp3) is 0.588. The lowest BCUT2D eigenvalue weighted by Gasteiger charge is -2.30. The van der Waals surface area contributed by atoms with Gasteiger partial charge in [0.15, 0.2) is 5.78 Å². The van der Waals surface area contributed by atoms with Crippen molar-refractivity contribution in [3.8, 4) is 0 Å². The maximum Gasteiger partial charge on any atom is 0.162 e. The molecule has 2 nitrogen and oxygen atoms in total. The van der Waals surface area contributed by atoms with Crippen LogP contribution in [0.2, 0.25) is 0 Å². The Kier molecular flexibility index (Phi) is 5.88. The van der Waals surface area contributed by atoms with Crippen molar-refractivity contribution in [3.63, 3.8) is 0 Å². The molecular formula is C17H26FNO. The average Bonchev–Trinajstić information content (AvgIpc) is 2.36. The molecule has 20 heavy (non-hydrogen) atoms. The molecule has 0 saturated carbocycles. The molecule has 1 atom stereocenters. The second-order valence-corrected chi connectivity index (χ2v) is 6.57. The Bertz CT molecular complexity index is 463. The highest BCUT2D eigenvalue weighted by Gasteiger charge is 2.24. The molecule has 0 amide bonds. The molecular weight excluding hydrogens is 253 g/mol. The first-order valence-corrected chi connectivity index (χ1v) is 7.25. The summed E-state index contributed by atoms with van der Waals surface area (Å²) in [7, 11) is 0. The lowest BCUT2D eigenvalue weighted by Crippen LogP contribution is -2.24. The molecule has 0 saturated heterocycles. The van der Waals surface area contributed by atoms with Crippen molar-refractivity contribution < 1.29 is 9.18 Å². The van der Waals surface area contributed by atoms with E-state index < -0.39 is 0 Å². The van der Waals surface area contributed by atoms with Gasteiger partial charge in [-0.25, -0.2) is 4.39 Å². The first-order chi connectivity index (χ1) is 9.25. The number of rotatable bonds is 6. The van der Waals surface area contributed by atoms with Gasteiger partial charge in [-0.15, -0.1) is 0 Å². The van der Waals surface area contributed by atoms with E-state index in [0.29, 0.717) is 30.0 Å². The molecule has 1 unspecified atom stereocenters. The number of ketones is 1. The Labute approximate surface area is 121 Å². The Hall–Kier alpha value is -1.22. The fourth-order valence-corrected chi connectivity index (χ4v) is 2.43. The Morgan fingerprint density at radius 1 is 1.30 bits per heavy atom. The molecule has 1 rings (SSSR count). The van der Waals surface area contributed by atoms with Crippen molar-refractivity contribution in [1.29, 1.82) is 0 Å². The van der Waals surface area contributed by atoms with Crippen LogP contribution in [0.25, 0.3) is 0 Å². The van der Waals surface area contributed by atoms with Crippen molar-refractivity contribution >= 4 is 5.78 Å². The van der Waals surface area contributed by atoms with Gasteiger partial charge in [-0.3, -0.25) is 4.79 Å². The zero-order chi connectivity index (χ0) is 15.3. The van der Waals surface area contributed by atoms with Gasteiger partial charge in [-0.05, 0) is 49.3 Å². The number of halogens is 1. The summed E-state index contributed by atoms with van der Waals surface area (Å²) in [4.78, 5) is 12.1. The van der Waals surface area contributed by atoms with Crippen molar-refractivity contribution in [2.75, 3.05) is 6.54 Å². The van der Waals surface area contributed by atoms with Crippen molar-refractivity contribution in [2.24, 2.45) is 17.1 Å². The summed E-state index contributed by atoms with van der Waals surface area (Å²) in [6.45, 7) is 8.84. The van der Waals surface area contributed by atoms with Crippen LogP contribution < -0.4 is 5.73 Å². The molecule has 2 N–H and O–H groups in total. The van der Waals surface area contributed by atoms with Crippen LogP contribution in [-0.2, 0) is 0 Å².